The molecule has 0 saturated carbocycles. The molecule has 1 aromatic carbocycles. The third kappa shape index (κ3) is 2.71. The number of carbonyl (C=O) groups is 2. The van der Waals surface area contributed by atoms with Crippen molar-refractivity contribution in [2.45, 2.75) is 13.0 Å². The summed E-state index contributed by atoms with van der Waals surface area (Å²) in [5, 5.41) is 3.33. The van der Waals surface area contributed by atoms with Gasteiger partial charge in [-0.05, 0) is 25.1 Å². The summed E-state index contributed by atoms with van der Waals surface area (Å²) in [5.74, 6) is -0.975. The number of nitrogens with one attached hydrogen (secondary N) is 1. The fourth-order valence-corrected chi connectivity index (χ4v) is 2.96. The second kappa shape index (κ2) is 5.18. The molecular formula is C12H12BrN3O2S. The lowest BCUT2D eigenvalue weighted by Crippen LogP contribution is -2.42. The standard InChI is InChI=1S/C12H12BrN3O2S/c1-5(11(15)17)16-12(18)10-9(14)7-4-6(13)2-3-8(7)19-10/h2-5H,14H2,1H3,(H2,15,17)(H,16,18). The lowest BCUT2D eigenvalue weighted by Gasteiger charge is -2.09. The molecule has 1 atom stereocenters. The highest BCUT2D eigenvalue weighted by Gasteiger charge is 2.19. The van der Waals surface area contributed by atoms with E-state index in [-0.39, 0.29) is 5.91 Å². The van der Waals surface area contributed by atoms with Gasteiger partial charge in [0.1, 0.15) is 10.9 Å². The lowest BCUT2D eigenvalue weighted by atomic mass is 10.2. The molecule has 5 nitrogen and oxygen atoms in total. The normalized spacial score (nSPS) is 12.3. The van der Waals surface area contributed by atoms with Gasteiger partial charge in [0.2, 0.25) is 5.91 Å². The second-order valence-electron chi connectivity index (χ2n) is 4.08. The van der Waals surface area contributed by atoms with Crippen LogP contribution in [0.25, 0.3) is 10.1 Å². The molecule has 2 aromatic rings. The topological polar surface area (TPSA) is 98.2 Å². The molecule has 0 radical (unpaired) electrons. The predicted molar refractivity (Wildman–Crippen MR) is 80.1 cm³/mol. The number of primary amides is 1. The van der Waals surface area contributed by atoms with Gasteiger partial charge in [-0.25, -0.2) is 0 Å². The van der Waals surface area contributed by atoms with Crippen LogP contribution in [0.3, 0.4) is 0 Å². The van der Waals surface area contributed by atoms with Crippen LogP contribution in [0.5, 0.6) is 0 Å². The van der Waals surface area contributed by atoms with Gasteiger partial charge in [-0.3, -0.25) is 9.59 Å². The third-order valence-electron chi connectivity index (χ3n) is 2.67. The van der Waals surface area contributed by atoms with Gasteiger partial charge < -0.3 is 16.8 Å². The Balaban J connectivity index is 2.37. The Morgan fingerprint density at radius 2 is 2.11 bits per heavy atom. The van der Waals surface area contributed by atoms with Gasteiger partial charge in [0.05, 0.1) is 5.69 Å². The molecule has 1 aromatic heterocycles. The van der Waals surface area contributed by atoms with E-state index in [4.69, 9.17) is 11.5 Å². The van der Waals surface area contributed by atoms with Crippen molar-refractivity contribution in [3.63, 3.8) is 0 Å². The number of hydrogen-bond donors (Lipinski definition) is 3. The molecule has 100 valence electrons. The Morgan fingerprint density at radius 3 is 2.74 bits per heavy atom. The molecule has 0 aliphatic carbocycles. The monoisotopic (exact) mass is 341 g/mol. The maximum Gasteiger partial charge on any atom is 0.264 e. The maximum atomic E-state index is 12.0. The highest BCUT2D eigenvalue weighted by Crippen LogP contribution is 2.35. The highest BCUT2D eigenvalue weighted by atomic mass is 79.9. The second-order valence-corrected chi connectivity index (χ2v) is 6.05. The van der Waals surface area contributed by atoms with Crippen molar-refractivity contribution in [2.75, 3.05) is 5.73 Å². The number of carbonyl (C=O) groups excluding carboxylic acids is 2. The van der Waals surface area contributed by atoms with Gasteiger partial charge in [-0.2, -0.15) is 0 Å². The quantitative estimate of drug-likeness (QED) is 0.794. The number of hydrogen-bond acceptors (Lipinski definition) is 4. The molecule has 0 bridgehead atoms. The van der Waals surface area contributed by atoms with Crippen LogP contribution in [0.2, 0.25) is 0 Å². The Kier molecular flexibility index (Phi) is 3.77. The van der Waals surface area contributed by atoms with Crippen molar-refractivity contribution in [1.82, 2.24) is 5.32 Å². The summed E-state index contributed by atoms with van der Waals surface area (Å²) in [4.78, 5) is 23.4. The Labute approximate surface area is 122 Å². The number of halogens is 1. The van der Waals surface area contributed by atoms with Crippen molar-refractivity contribution >= 4 is 54.9 Å². The third-order valence-corrected chi connectivity index (χ3v) is 4.35. The first-order valence-electron chi connectivity index (χ1n) is 5.48. The SMILES string of the molecule is CC(NC(=O)c1sc2ccc(Br)cc2c1N)C(N)=O. The summed E-state index contributed by atoms with van der Waals surface area (Å²) in [7, 11) is 0. The summed E-state index contributed by atoms with van der Waals surface area (Å²) < 4.78 is 1.81. The summed E-state index contributed by atoms with van der Waals surface area (Å²) in [6.45, 7) is 1.53. The number of nitrogen functional groups attached to an aromatic ring is 1. The van der Waals surface area contributed by atoms with Crippen LogP contribution in [0.15, 0.2) is 22.7 Å². The molecule has 0 aliphatic heterocycles. The molecular weight excluding hydrogens is 330 g/mol. The van der Waals surface area contributed by atoms with E-state index >= 15 is 0 Å². The van der Waals surface area contributed by atoms with E-state index in [2.05, 4.69) is 21.2 Å². The number of thiophene rings is 1. The predicted octanol–water partition coefficient (Wildman–Crippen LogP) is 1.85. The average molecular weight is 342 g/mol. The molecule has 2 amide bonds. The molecule has 0 spiro atoms. The van der Waals surface area contributed by atoms with Gasteiger partial charge in [0.15, 0.2) is 0 Å². The summed E-state index contributed by atoms with van der Waals surface area (Å²) in [6, 6.07) is 4.89. The first kappa shape index (κ1) is 13.8. The number of rotatable bonds is 3. The Hall–Kier alpha value is -1.60. The largest absolute Gasteiger partial charge is 0.397 e. The van der Waals surface area contributed by atoms with Gasteiger partial charge in [0, 0.05) is 14.6 Å². The van der Waals surface area contributed by atoms with E-state index in [1.54, 1.807) is 0 Å². The summed E-state index contributed by atoms with van der Waals surface area (Å²) in [6.07, 6.45) is 0. The minimum atomic E-state index is -0.733. The van der Waals surface area contributed by atoms with Crippen LogP contribution in [0, 0.1) is 0 Å². The van der Waals surface area contributed by atoms with E-state index in [1.807, 2.05) is 18.2 Å². The molecule has 7 heteroatoms. The number of benzene rings is 1. The van der Waals surface area contributed by atoms with Gasteiger partial charge in [0.25, 0.3) is 5.91 Å². The van der Waals surface area contributed by atoms with E-state index in [0.29, 0.717) is 10.6 Å². The zero-order valence-corrected chi connectivity index (χ0v) is 12.5. The van der Waals surface area contributed by atoms with E-state index < -0.39 is 11.9 Å². The minimum Gasteiger partial charge on any atom is -0.397 e. The molecule has 0 saturated heterocycles. The molecule has 0 fully saturated rings. The molecule has 2 rings (SSSR count). The maximum absolute atomic E-state index is 12.0. The van der Waals surface area contributed by atoms with Gasteiger partial charge >= 0.3 is 0 Å². The molecule has 1 unspecified atom stereocenters. The van der Waals surface area contributed by atoms with Gasteiger partial charge in [-0.1, -0.05) is 15.9 Å². The molecule has 0 aliphatic rings. The smallest absolute Gasteiger partial charge is 0.264 e. The van der Waals surface area contributed by atoms with Crippen LogP contribution in [-0.4, -0.2) is 17.9 Å². The number of anilines is 1. The highest BCUT2D eigenvalue weighted by molar-refractivity contribution is 9.10. The van der Waals surface area contributed by atoms with Crippen molar-refractivity contribution in [3.05, 3.63) is 27.5 Å². The van der Waals surface area contributed by atoms with Crippen LogP contribution >= 0.6 is 27.3 Å². The van der Waals surface area contributed by atoms with Crippen LogP contribution in [0.4, 0.5) is 5.69 Å². The fourth-order valence-electron chi connectivity index (χ4n) is 1.59. The average Bonchev–Trinajstić information content (AvgIpc) is 2.66. The number of nitrogens with two attached hydrogens (primary N) is 2. The summed E-state index contributed by atoms with van der Waals surface area (Å²) >= 11 is 4.64. The fraction of sp³-hybridized carbons (Fsp3) is 0.167. The lowest BCUT2D eigenvalue weighted by molar-refractivity contribution is -0.119. The Morgan fingerprint density at radius 1 is 1.42 bits per heavy atom. The van der Waals surface area contributed by atoms with E-state index in [9.17, 15) is 9.59 Å². The molecule has 1 heterocycles. The molecule has 19 heavy (non-hydrogen) atoms. The number of amides is 2. The van der Waals surface area contributed by atoms with Crippen LogP contribution in [-0.2, 0) is 4.79 Å². The first-order chi connectivity index (χ1) is 8.90. The zero-order chi connectivity index (χ0) is 14.2. The minimum absolute atomic E-state index is 0.388. The van der Waals surface area contributed by atoms with E-state index in [1.165, 1.54) is 18.3 Å². The zero-order valence-electron chi connectivity index (χ0n) is 10.1. The molecule has 5 N–H and O–H groups in total. The van der Waals surface area contributed by atoms with Crippen LogP contribution in [0.1, 0.15) is 16.6 Å². The first-order valence-corrected chi connectivity index (χ1v) is 7.09. The van der Waals surface area contributed by atoms with Crippen LogP contribution < -0.4 is 16.8 Å². The van der Waals surface area contributed by atoms with E-state index in [0.717, 1.165) is 14.6 Å². The van der Waals surface area contributed by atoms with Gasteiger partial charge in [-0.15, -0.1) is 11.3 Å². The number of fused-ring (bicyclic) bond motifs is 1. The Bertz CT molecular complexity index is 668. The van der Waals surface area contributed by atoms with Crippen molar-refractivity contribution in [1.29, 1.82) is 0 Å². The van der Waals surface area contributed by atoms with Crippen molar-refractivity contribution in [2.24, 2.45) is 5.73 Å². The van der Waals surface area contributed by atoms with Crippen molar-refractivity contribution < 1.29 is 9.59 Å². The van der Waals surface area contributed by atoms with Crippen molar-refractivity contribution in [3.8, 4) is 0 Å². The summed E-state index contributed by atoms with van der Waals surface area (Å²) in [5.41, 5.74) is 11.5.